The van der Waals surface area contributed by atoms with Gasteiger partial charge in [0.25, 0.3) is 0 Å². The minimum absolute atomic E-state index is 0.0843. The van der Waals surface area contributed by atoms with Gasteiger partial charge >= 0.3 is 12.1 Å². The molecule has 0 aliphatic carbocycles. The highest BCUT2D eigenvalue weighted by Crippen LogP contribution is 2.36. The van der Waals surface area contributed by atoms with Gasteiger partial charge in [0.2, 0.25) is 5.91 Å². The Hall–Kier alpha value is -2.10. The van der Waals surface area contributed by atoms with E-state index in [1.54, 1.807) is 0 Å². The number of aromatic nitrogens is 2. The van der Waals surface area contributed by atoms with Gasteiger partial charge in [-0.3, -0.25) is 9.69 Å². The van der Waals surface area contributed by atoms with E-state index in [2.05, 4.69) is 26.3 Å². The van der Waals surface area contributed by atoms with E-state index in [0.29, 0.717) is 5.91 Å². The lowest BCUT2D eigenvalue weighted by Crippen LogP contribution is -2.62. The molecule has 0 aromatic carbocycles. The second-order valence-corrected chi connectivity index (χ2v) is 7.33. The highest BCUT2D eigenvalue weighted by atomic mass is 19.4. The molecule has 2 fully saturated rings. The first-order valence-corrected chi connectivity index (χ1v) is 9.37. The van der Waals surface area contributed by atoms with Crippen molar-refractivity contribution in [3.8, 4) is 0 Å². The zero-order chi connectivity index (χ0) is 20.9. The first-order valence-electron chi connectivity index (χ1n) is 9.37. The number of aliphatic carboxylic acids is 1. The molecule has 3 heterocycles. The summed E-state index contributed by atoms with van der Waals surface area (Å²) in [5, 5.41) is 7.12. The van der Waals surface area contributed by atoms with E-state index in [-0.39, 0.29) is 5.54 Å². The summed E-state index contributed by atoms with van der Waals surface area (Å²) in [6.07, 6.45) is 4.01. The van der Waals surface area contributed by atoms with Crippen LogP contribution >= 0.6 is 0 Å². The molecular formula is C18H27F3N4O3. The molecule has 1 unspecified atom stereocenters. The van der Waals surface area contributed by atoms with Gasteiger partial charge in [-0.25, -0.2) is 9.78 Å². The van der Waals surface area contributed by atoms with Crippen LogP contribution < -0.4 is 0 Å². The van der Waals surface area contributed by atoms with Crippen molar-refractivity contribution in [2.45, 2.75) is 57.3 Å². The van der Waals surface area contributed by atoms with Crippen LogP contribution in [0.15, 0.2) is 12.5 Å². The molecule has 0 radical (unpaired) electrons. The zero-order valence-electron chi connectivity index (χ0n) is 16.2. The van der Waals surface area contributed by atoms with Crippen LogP contribution in [0.4, 0.5) is 13.2 Å². The van der Waals surface area contributed by atoms with Crippen LogP contribution in [0, 0.1) is 0 Å². The second-order valence-electron chi connectivity index (χ2n) is 7.33. The lowest BCUT2D eigenvalue weighted by Gasteiger charge is -2.52. The fourth-order valence-electron chi connectivity index (χ4n) is 4.15. The number of hydrogen-bond acceptors (Lipinski definition) is 4. The Bertz CT molecular complexity index is 688. The van der Waals surface area contributed by atoms with Crippen molar-refractivity contribution in [1.29, 1.82) is 0 Å². The van der Waals surface area contributed by atoms with Crippen molar-refractivity contribution in [2.75, 3.05) is 19.6 Å². The van der Waals surface area contributed by atoms with Gasteiger partial charge in [0.05, 0.1) is 17.6 Å². The molecule has 1 N–H and O–H groups in total. The molecule has 7 nitrogen and oxygen atoms in total. The van der Waals surface area contributed by atoms with Crippen LogP contribution in [0.1, 0.15) is 44.7 Å². The lowest BCUT2D eigenvalue weighted by atomic mass is 9.79. The van der Waals surface area contributed by atoms with Crippen LogP contribution in [0.25, 0.3) is 0 Å². The Labute approximate surface area is 162 Å². The van der Waals surface area contributed by atoms with Gasteiger partial charge in [0.15, 0.2) is 0 Å². The fraction of sp³-hybridized carbons (Fsp3) is 0.722. The number of carboxylic acid groups (broad SMARTS) is 1. The molecule has 1 spiro atoms. The number of likely N-dealkylation sites (tertiary alicyclic amines) is 2. The zero-order valence-corrected chi connectivity index (χ0v) is 16.2. The number of hydrogen-bond donors (Lipinski definition) is 1. The van der Waals surface area contributed by atoms with E-state index >= 15 is 0 Å². The van der Waals surface area contributed by atoms with Crippen LogP contribution in [-0.2, 0) is 23.2 Å². The first kappa shape index (κ1) is 22.2. The standard InChI is InChI=1S/C16H26N4O.C2HF3O2/c1-3-20-15(21)6-4-7-16(20)8-5-9-19(12-16)11-14-10-17-13-18(14)2;3-2(4,5)1(6)7/h10,13H,3-9,11-12H2,1-2H3;(H,6,7). The number of carboxylic acids is 1. The van der Waals surface area contributed by atoms with Gasteiger partial charge in [-0.05, 0) is 39.2 Å². The number of alkyl halides is 3. The summed E-state index contributed by atoms with van der Waals surface area (Å²) in [5.74, 6) is -2.40. The molecule has 1 atom stereocenters. The molecule has 158 valence electrons. The summed E-state index contributed by atoms with van der Waals surface area (Å²) in [6.45, 7) is 6.03. The molecule has 1 amide bonds. The highest BCUT2D eigenvalue weighted by molar-refractivity contribution is 5.78. The number of halogens is 3. The summed E-state index contributed by atoms with van der Waals surface area (Å²) >= 11 is 0. The van der Waals surface area contributed by atoms with Crippen LogP contribution in [0.3, 0.4) is 0 Å². The number of aryl methyl sites for hydroxylation is 1. The van der Waals surface area contributed by atoms with Crippen molar-refractivity contribution in [1.82, 2.24) is 19.4 Å². The summed E-state index contributed by atoms with van der Waals surface area (Å²) in [7, 11) is 2.05. The third kappa shape index (κ3) is 5.24. The van der Waals surface area contributed by atoms with Gasteiger partial charge in [-0.2, -0.15) is 13.2 Å². The normalized spacial score (nSPS) is 23.5. The fourth-order valence-corrected chi connectivity index (χ4v) is 4.15. The summed E-state index contributed by atoms with van der Waals surface area (Å²) in [6, 6.07) is 0. The Morgan fingerprint density at radius 3 is 2.50 bits per heavy atom. The van der Waals surface area contributed by atoms with Crippen LogP contribution in [0.5, 0.6) is 0 Å². The number of amides is 1. The predicted octanol–water partition coefficient (Wildman–Crippen LogP) is 2.42. The molecule has 3 rings (SSSR count). The number of carbonyl (C=O) groups is 2. The molecule has 0 saturated carbocycles. The van der Waals surface area contributed by atoms with Gasteiger partial charge in [0, 0.05) is 39.3 Å². The third-order valence-electron chi connectivity index (χ3n) is 5.40. The van der Waals surface area contributed by atoms with Gasteiger partial charge in [-0.15, -0.1) is 0 Å². The number of carbonyl (C=O) groups excluding carboxylic acids is 1. The SMILES string of the molecule is CCN1C(=O)CCCC12CCCN(Cc1cncn1C)C2.O=C(O)C(F)(F)F. The molecular weight excluding hydrogens is 377 g/mol. The number of nitrogens with zero attached hydrogens (tertiary/aromatic N) is 4. The molecule has 0 bridgehead atoms. The van der Waals surface area contributed by atoms with E-state index in [4.69, 9.17) is 9.90 Å². The topological polar surface area (TPSA) is 78.7 Å². The molecule has 10 heteroatoms. The Morgan fingerprint density at radius 2 is 1.96 bits per heavy atom. The lowest BCUT2D eigenvalue weighted by molar-refractivity contribution is -0.192. The Balaban J connectivity index is 0.000000345. The largest absolute Gasteiger partial charge is 0.490 e. The van der Waals surface area contributed by atoms with Crippen molar-refractivity contribution in [3.63, 3.8) is 0 Å². The number of imidazole rings is 1. The summed E-state index contributed by atoms with van der Waals surface area (Å²) in [4.78, 5) is 30.0. The van der Waals surface area contributed by atoms with E-state index in [1.807, 2.05) is 19.6 Å². The molecule has 1 aromatic heterocycles. The number of rotatable bonds is 3. The van der Waals surface area contributed by atoms with Gasteiger partial charge in [-0.1, -0.05) is 0 Å². The average Bonchev–Trinajstić information content (AvgIpc) is 3.00. The van der Waals surface area contributed by atoms with E-state index < -0.39 is 12.1 Å². The van der Waals surface area contributed by atoms with E-state index in [9.17, 15) is 18.0 Å². The van der Waals surface area contributed by atoms with E-state index in [0.717, 1.165) is 51.9 Å². The monoisotopic (exact) mass is 404 g/mol. The maximum absolute atomic E-state index is 12.3. The quantitative estimate of drug-likeness (QED) is 0.837. The van der Waals surface area contributed by atoms with Crippen LogP contribution in [0.2, 0.25) is 0 Å². The van der Waals surface area contributed by atoms with Crippen molar-refractivity contribution in [3.05, 3.63) is 18.2 Å². The smallest absolute Gasteiger partial charge is 0.475 e. The number of likely N-dealkylation sites (N-methyl/N-ethyl adjacent to an activating group) is 1. The maximum Gasteiger partial charge on any atom is 0.490 e. The summed E-state index contributed by atoms with van der Waals surface area (Å²) < 4.78 is 33.8. The summed E-state index contributed by atoms with van der Waals surface area (Å²) in [5.41, 5.74) is 1.33. The third-order valence-corrected chi connectivity index (χ3v) is 5.40. The average molecular weight is 404 g/mol. The molecule has 2 aliphatic heterocycles. The molecule has 2 aliphatic rings. The van der Waals surface area contributed by atoms with E-state index in [1.165, 1.54) is 12.1 Å². The molecule has 28 heavy (non-hydrogen) atoms. The van der Waals surface area contributed by atoms with Gasteiger partial charge in [0.1, 0.15) is 0 Å². The van der Waals surface area contributed by atoms with Gasteiger partial charge < -0.3 is 14.6 Å². The first-order chi connectivity index (χ1) is 13.1. The predicted molar refractivity (Wildman–Crippen MR) is 95.4 cm³/mol. The minimum atomic E-state index is -5.08. The maximum atomic E-state index is 12.3. The second kappa shape index (κ2) is 8.93. The number of piperidine rings is 2. The van der Waals surface area contributed by atoms with Crippen LogP contribution in [-0.4, -0.2) is 67.7 Å². The molecule has 2 saturated heterocycles. The Morgan fingerprint density at radius 1 is 1.32 bits per heavy atom. The molecule has 1 aromatic rings. The van der Waals surface area contributed by atoms with Crippen molar-refractivity contribution < 1.29 is 27.9 Å². The minimum Gasteiger partial charge on any atom is -0.475 e. The Kier molecular flexibility index (Phi) is 7.08. The highest BCUT2D eigenvalue weighted by Gasteiger charge is 2.44. The van der Waals surface area contributed by atoms with Crippen molar-refractivity contribution >= 4 is 11.9 Å². The van der Waals surface area contributed by atoms with Crippen molar-refractivity contribution in [2.24, 2.45) is 7.05 Å².